The van der Waals surface area contributed by atoms with Gasteiger partial charge >= 0.3 is 0 Å². The molecule has 0 aliphatic heterocycles. The number of carbonyl (C=O) groups is 1. The van der Waals surface area contributed by atoms with Gasteiger partial charge in [0, 0.05) is 11.6 Å². The molecule has 2 atom stereocenters. The van der Waals surface area contributed by atoms with Crippen LogP contribution in [0.4, 0.5) is 0 Å². The van der Waals surface area contributed by atoms with Gasteiger partial charge in [-0.1, -0.05) is 24.2 Å². The third-order valence-corrected chi connectivity index (χ3v) is 10.3. The standard InChI is InChI=1S/C24H29NO3S3/c1-22-8-15-9-23(2,12-22)14-24(10-15,13-22)25-20(26)11-28-17-5-4-16(6-18(17)27-3)19-7-21(29)31-30-19/h4-7,15H,8-14H2,1-3H3,(H,25,26)/p+1. The summed E-state index contributed by atoms with van der Waals surface area (Å²) < 4.78 is 12.4. The lowest BCUT2D eigenvalue weighted by atomic mass is 9.43. The molecule has 31 heavy (non-hydrogen) atoms. The van der Waals surface area contributed by atoms with Gasteiger partial charge in [-0.3, -0.25) is 4.79 Å². The summed E-state index contributed by atoms with van der Waals surface area (Å²) in [5.41, 5.74) is 1.75. The number of benzene rings is 1. The number of hydrogen-bond donors (Lipinski definition) is 1. The van der Waals surface area contributed by atoms with Crippen molar-refractivity contribution in [3.05, 3.63) is 28.1 Å². The molecule has 1 aromatic heterocycles. The number of carbonyl (C=O) groups excluding carboxylic acids is 1. The van der Waals surface area contributed by atoms with E-state index in [0.29, 0.717) is 22.3 Å². The molecular weight excluding hydrogens is 446 g/mol. The highest BCUT2D eigenvalue weighted by molar-refractivity contribution is 7.73. The number of rotatable bonds is 6. The molecule has 4 bridgehead atoms. The zero-order valence-electron chi connectivity index (χ0n) is 18.3. The number of thiol groups is 1. The molecule has 0 radical (unpaired) electrons. The lowest BCUT2D eigenvalue weighted by Crippen LogP contribution is -2.65. The molecular formula is C24H30NO3S3+. The molecule has 0 spiro atoms. The molecule has 4 aliphatic rings. The van der Waals surface area contributed by atoms with E-state index < -0.39 is 0 Å². The van der Waals surface area contributed by atoms with Gasteiger partial charge in [-0.2, -0.15) is 0 Å². The molecule has 1 heterocycles. The molecule has 1 N–H and O–H groups in total. The molecule has 7 heteroatoms. The average Bonchev–Trinajstić information content (AvgIpc) is 3.09. The Morgan fingerprint density at radius 3 is 2.45 bits per heavy atom. The molecule has 1 aromatic carbocycles. The van der Waals surface area contributed by atoms with Crippen LogP contribution in [0.5, 0.6) is 11.5 Å². The van der Waals surface area contributed by atoms with Crippen molar-refractivity contribution < 1.29 is 14.3 Å². The number of amides is 1. The van der Waals surface area contributed by atoms with Gasteiger partial charge in [-0.15, -0.1) is 0 Å². The van der Waals surface area contributed by atoms with Crippen molar-refractivity contribution in [1.82, 2.24) is 5.32 Å². The van der Waals surface area contributed by atoms with Gasteiger partial charge < -0.3 is 14.8 Å². The monoisotopic (exact) mass is 476 g/mol. The van der Waals surface area contributed by atoms with Crippen molar-refractivity contribution in [3.8, 4) is 21.9 Å². The van der Waals surface area contributed by atoms with E-state index in [1.807, 2.05) is 24.3 Å². The van der Waals surface area contributed by atoms with Crippen LogP contribution in [0, 0.1) is 20.6 Å². The van der Waals surface area contributed by atoms with Gasteiger partial charge in [0.25, 0.3) is 9.73 Å². The van der Waals surface area contributed by atoms with Crippen LogP contribution in [-0.2, 0) is 17.0 Å². The molecule has 4 nitrogen and oxygen atoms in total. The first-order chi connectivity index (χ1) is 14.7. The summed E-state index contributed by atoms with van der Waals surface area (Å²) in [7, 11) is 4.95. The van der Waals surface area contributed by atoms with E-state index in [1.165, 1.54) is 19.3 Å². The maximum atomic E-state index is 12.9. The molecule has 4 saturated carbocycles. The van der Waals surface area contributed by atoms with E-state index in [0.717, 1.165) is 39.4 Å². The zero-order valence-corrected chi connectivity index (χ0v) is 20.9. The van der Waals surface area contributed by atoms with Crippen LogP contribution in [-0.4, -0.2) is 25.2 Å². The van der Waals surface area contributed by atoms with Gasteiger partial charge in [0.1, 0.15) is 0 Å². The van der Waals surface area contributed by atoms with Gasteiger partial charge in [0.2, 0.25) is 0 Å². The second-order valence-electron chi connectivity index (χ2n) is 10.6. The first-order valence-electron chi connectivity index (χ1n) is 10.9. The highest BCUT2D eigenvalue weighted by Gasteiger charge is 2.60. The Labute approximate surface area is 196 Å². The fourth-order valence-corrected chi connectivity index (χ4v) is 9.84. The first-order valence-corrected chi connectivity index (χ1v) is 13.5. The second-order valence-corrected chi connectivity index (χ2v) is 13.6. The Morgan fingerprint density at radius 1 is 1.10 bits per heavy atom. The maximum Gasteiger partial charge on any atom is 0.286 e. The van der Waals surface area contributed by atoms with E-state index in [2.05, 4.69) is 31.4 Å². The van der Waals surface area contributed by atoms with Crippen LogP contribution in [0.15, 0.2) is 24.3 Å². The first kappa shape index (κ1) is 21.4. The maximum absolute atomic E-state index is 12.9. The summed E-state index contributed by atoms with van der Waals surface area (Å²) in [5, 5.41) is 3.41. The highest BCUT2D eigenvalue weighted by Crippen LogP contribution is 2.66. The van der Waals surface area contributed by atoms with E-state index in [9.17, 15) is 4.79 Å². The zero-order chi connectivity index (χ0) is 21.9. The Kier molecular flexibility index (Phi) is 5.22. The van der Waals surface area contributed by atoms with Crippen molar-refractivity contribution in [3.63, 3.8) is 0 Å². The number of ether oxygens (including phenoxy) is 2. The third kappa shape index (κ3) is 4.16. The van der Waals surface area contributed by atoms with Crippen LogP contribution in [0.2, 0.25) is 0 Å². The summed E-state index contributed by atoms with van der Waals surface area (Å²) in [6.07, 6.45) is 7.26. The summed E-state index contributed by atoms with van der Waals surface area (Å²) in [6, 6.07) is 7.90. The van der Waals surface area contributed by atoms with Gasteiger partial charge in [0.15, 0.2) is 30.3 Å². The molecule has 4 fully saturated rings. The molecule has 166 valence electrons. The minimum atomic E-state index is -0.0534. The Balaban J connectivity index is 1.26. The molecule has 2 aromatic rings. The predicted octanol–water partition coefficient (Wildman–Crippen LogP) is 5.54. The van der Waals surface area contributed by atoms with Crippen LogP contribution in [0.3, 0.4) is 0 Å². The molecule has 6 rings (SSSR count). The van der Waals surface area contributed by atoms with Gasteiger partial charge in [0.05, 0.1) is 12.0 Å². The minimum Gasteiger partial charge on any atom is -0.493 e. The molecule has 1 amide bonds. The van der Waals surface area contributed by atoms with E-state index in [1.54, 1.807) is 27.8 Å². The second kappa shape index (κ2) is 7.56. The predicted molar refractivity (Wildman–Crippen MR) is 130 cm³/mol. The number of nitrogens with one attached hydrogen (secondary N) is 1. The highest BCUT2D eigenvalue weighted by atomic mass is 32.9. The minimum absolute atomic E-state index is 0.0113. The van der Waals surface area contributed by atoms with Crippen LogP contribution < -0.4 is 14.8 Å². The van der Waals surface area contributed by atoms with Crippen molar-refractivity contribution in [2.75, 3.05) is 13.7 Å². The summed E-state index contributed by atoms with van der Waals surface area (Å²) in [5.74, 6) is 1.95. The fraction of sp³-hybridized carbons (Fsp3) is 0.583. The van der Waals surface area contributed by atoms with E-state index in [-0.39, 0.29) is 18.1 Å². The fourth-order valence-electron chi connectivity index (χ4n) is 7.38. The molecule has 2 unspecified atom stereocenters. The number of methoxy groups -OCH3 is 1. The quantitative estimate of drug-likeness (QED) is 0.258. The third-order valence-electron chi connectivity index (χ3n) is 7.31. The summed E-state index contributed by atoms with van der Waals surface area (Å²) >= 11 is 4.41. The number of hydrogen-bond acceptors (Lipinski definition) is 5. The SMILES string of the molecule is COc1cc(-c2cc(=[SH+])ss2)ccc1OCC(=O)NC12CC3CC(C)(CC(C)(C3)C1)C2. The van der Waals surface area contributed by atoms with Gasteiger partial charge in [-0.05, 0) is 89.4 Å². The Bertz CT molecular complexity index is 1060. The smallest absolute Gasteiger partial charge is 0.286 e. The topological polar surface area (TPSA) is 47.6 Å². The Morgan fingerprint density at radius 2 is 1.84 bits per heavy atom. The van der Waals surface area contributed by atoms with Crippen molar-refractivity contribution in [2.45, 2.75) is 57.9 Å². The van der Waals surface area contributed by atoms with Crippen LogP contribution in [0.25, 0.3) is 10.4 Å². The Hall–Kier alpha value is -1.44. The van der Waals surface area contributed by atoms with Crippen molar-refractivity contribution in [1.29, 1.82) is 0 Å². The summed E-state index contributed by atoms with van der Waals surface area (Å²) in [4.78, 5) is 14.1. The lowest BCUT2D eigenvalue weighted by Gasteiger charge is -2.65. The largest absolute Gasteiger partial charge is 0.493 e. The average molecular weight is 477 g/mol. The summed E-state index contributed by atoms with van der Waals surface area (Å²) in [6.45, 7) is 4.85. The van der Waals surface area contributed by atoms with Crippen molar-refractivity contribution in [2.24, 2.45) is 16.7 Å². The lowest BCUT2D eigenvalue weighted by molar-refractivity contribution is -0.141. The van der Waals surface area contributed by atoms with Gasteiger partial charge in [-0.25, -0.2) is 0 Å². The van der Waals surface area contributed by atoms with Crippen LogP contribution in [0.1, 0.15) is 52.4 Å². The van der Waals surface area contributed by atoms with Crippen molar-refractivity contribution >= 4 is 38.8 Å². The molecule has 0 saturated heterocycles. The normalized spacial score (nSPS) is 33.3. The molecule has 4 aliphatic carbocycles. The van der Waals surface area contributed by atoms with E-state index >= 15 is 0 Å². The van der Waals surface area contributed by atoms with Crippen LogP contribution >= 0.6 is 20.7 Å². The van der Waals surface area contributed by atoms with E-state index in [4.69, 9.17) is 9.47 Å².